The van der Waals surface area contributed by atoms with Crippen molar-refractivity contribution in [2.75, 3.05) is 0 Å². The number of hydrogen-bond acceptors (Lipinski definition) is 3. The van der Waals surface area contributed by atoms with Gasteiger partial charge < -0.3 is 5.32 Å². The number of rotatable bonds is 5. The summed E-state index contributed by atoms with van der Waals surface area (Å²) in [6, 6.07) is 7.45. The Kier molecular flexibility index (Phi) is 5.81. The Balaban J connectivity index is 1.88. The van der Waals surface area contributed by atoms with Crippen molar-refractivity contribution in [3.05, 3.63) is 52.2 Å². The first-order chi connectivity index (χ1) is 12.6. The van der Waals surface area contributed by atoms with Crippen molar-refractivity contribution in [1.82, 2.24) is 14.9 Å². The Labute approximate surface area is 152 Å². The highest BCUT2D eigenvalue weighted by molar-refractivity contribution is 5.76. The van der Waals surface area contributed by atoms with E-state index < -0.39 is 0 Å². The van der Waals surface area contributed by atoms with Gasteiger partial charge in [0.05, 0.1) is 0 Å². The van der Waals surface area contributed by atoms with Gasteiger partial charge in [0, 0.05) is 23.4 Å². The Morgan fingerprint density at radius 2 is 1.92 bits per heavy atom. The molecule has 1 amide bonds. The molecule has 138 valence electrons. The summed E-state index contributed by atoms with van der Waals surface area (Å²) in [6.07, 6.45) is 6.04. The highest BCUT2D eigenvalue weighted by Gasteiger charge is 2.18. The van der Waals surface area contributed by atoms with Gasteiger partial charge in [-0.3, -0.25) is 14.2 Å². The van der Waals surface area contributed by atoms with Gasteiger partial charge in [0.2, 0.25) is 5.91 Å². The Bertz CT molecular complexity index is 824. The van der Waals surface area contributed by atoms with Crippen LogP contribution in [0.5, 0.6) is 0 Å². The van der Waals surface area contributed by atoms with Crippen molar-refractivity contribution in [2.24, 2.45) is 0 Å². The Hall–Kier alpha value is -2.50. The first-order valence-electron chi connectivity index (χ1n) is 9.23. The molecule has 1 fully saturated rings. The predicted molar refractivity (Wildman–Crippen MR) is 98.3 cm³/mol. The van der Waals surface area contributed by atoms with Crippen LogP contribution in [0.15, 0.2) is 35.1 Å². The zero-order valence-corrected chi connectivity index (χ0v) is 15.0. The topological polar surface area (TPSA) is 64.0 Å². The number of benzene rings is 1. The Morgan fingerprint density at radius 1 is 1.23 bits per heavy atom. The normalized spacial score (nSPS) is 15.0. The average molecular weight is 357 g/mol. The number of nitrogens with one attached hydrogen (secondary N) is 1. The molecule has 1 aromatic heterocycles. The maximum atomic E-state index is 13.2. The SMILES string of the molecule is CCc1cc(=O)n(CC(=O)NC2CCCCC2)c(-c2ccc(F)cc2)n1. The summed E-state index contributed by atoms with van der Waals surface area (Å²) in [5.41, 5.74) is 0.998. The number of amides is 1. The van der Waals surface area contributed by atoms with Crippen LogP contribution >= 0.6 is 0 Å². The van der Waals surface area contributed by atoms with Crippen molar-refractivity contribution in [2.45, 2.75) is 58.0 Å². The molecule has 5 nitrogen and oxygen atoms in total. The number of hydrogen-bond donors (Lipinski definition) is 1. The fourth-order valence-corrected chi connectivity index (χ4v) is 3.37. The van der Waals surface area contributed by atoms with Gasteiger partial charge in [-0.25, -0.2) is 9.37 Å². The van der Waals surface area contributed by atoms with Crippen molar-refractivity contribution in [3.63, 3.8) is 0 Å². The molecule has 0 unspecified atom stereocenters. The molecule has 1 aliphatic carbocycles. The lowest BCUT2D eigenvalue weighted by Crippen LogP contribution is -2.40. The molecule has 1 heterocycles. The number of carbonyl (C=O) groups is 1. The van der Waals surface area contributed by atoms with Crippen LogP contribution in [-0.2, 0) is 17.8 Å². The summed E-state index contributed by atoms with van der Waals surface area (Å²) >= 11 is 0. The average Bonchev–Trinajstić information content (AvgIpc) is 2.64. The molecular weight excluding hydrogens is 333 g/mol. The predicted octanol–water partition coefficient (Wildman–Crippen LogP) is 3.06. The first kappa shape index (κ1) is 18.3. The number of nitrogens with zero attached hydrogens (tertiary/aromatic N) is 2. The molecule has 0 spiro atoms. The summed E-state index contributed by atoms with van der Waals surface area (Å²) in [4.78, 5) is 29.5. The Morgan fingerprint density at radius 3 is 2.58 bits per heavy atom. The van der Waals surface area contributed by atoms with E-state index in [1.165, 1.54) is 29.2 Å². The van der Waals surface area contributed by atoms with Crippen LogP contribution < -0.4 is 10.9 Å². The van der Waals surface area contributed by atoms with Crippen LogP contribution in [0.2, 0.25) is 0 Å². The van der Waals surface area contributed by atoms with Gasteiger partial charge in [-0.05, 0) is 43.5 Å². The molecule has 1 saturated carbocycles. The lowest BCUT2D eigenvalue weighted by atomic mass is 9.95. The quantitative estimate of drug-likeness (QED) is 0.894. The first-order valence-corrected chi connectivity index (χ1v) is 9.23. The van der Waals surface area contributed by atoms with Crippen LogP contribution in [0.1, 0.15) is 44.7 Å². The largest absolute Gasteiger partial charge is 0.352 e. The van der Waals surface area contributed by atoms with Gasteiger partial charge in [-0.1, -0.05) is 26.2 Å². The summed E-state index contributed by atoms with van der Waals surface area (Å²) < 4.78 is 14.6. The van der Waals surface area contributed by atoms with E-state index >= 15 is 0 Å². The number of aryl methyl sites for hydroxylation is 1. The molecule has 6 heteroatoms. The molecule has 2 aromatic rings. The van der Waals surface area contributed by atoms with E-state index in [4.69, 9.17) is 0 Å². The van der Waals surface area contributed by atoms with E-state index in [1.54, 1.807) is 12.1 Å². The van der Waals surface area contributed by atoms with Gasteiger partial charge in [0.25, 0.3) is 5.56 Å². The monoisotopic (exact) mass is 357 g/mol. The number of carbonyl (C=O) groups excluding carboxylic acids is 1. The minimum Gasteiger partial charge on any atom is -0.352 e. The van der Waals surface area contributed by atoms with Crippen LogP contribution in [0.4, 0.5) is 4.39 Å². The van der Waals surface area contributed by atoms with E-state index in [1.807, 2.05) is 6.92 Å². The smallest absolute Gasteiger partial charge is 0.254 e. The van der Waals surface area contributed by atoms with Crippen molar-refractivity contribution >= 4 is 5.91 Å². The lowest BCUT2D eigenvalue weighted by Gasteiger charge is -2.23. The zero-order chi connectivity index (χ0) is 18.5. The second-order valence-electron chi connectivity index (χ2n) is 6.76. The van der Waals surface area contributed by atoms with Gasteiger partial charge in [0.15, 0.2) is 0 Å². The molecule has 1 N–H and O–H groups in total. The van der Waals surface area contributed by atoms with Crippen molar-refractivity contribution in [3.8, 4) is 11.4 Å². The highest BCUT2D eigenvalue weighted by Crippen LogP contribution is 2.19. The zero-order valence-electron chi connectivity index (χ0n) is 15.0. The fourth-order valence-electron chi connectivity index (χ4n) is 3.37. The molecule has 0 bridgehead atoms. The van der Waals surface area contributed by atoms with Crippen LogP contribution in [0.25, 0.3) is 11.4 Å². The third-order valence-electron chi connectivity index (χ3n) is 4.80. The molecule has 0 saturated heterocycles. The van der Waals surface area contributed by atoms with Gasteiger partial charge in [-0.2, -0.15) is 0 Å². The van der Waals surface area contributed by atoms with E-state index in [9.17, 15) is 14.0 Å². The molecule has 1 aliphatic rings. The minimum absolute atomic E-state index is 0.0843. The number of halogens is 1. The minimum atomic E-state index is -0.357. The van der Waals surface area contributed by atoms with E-state index in [2.05, 4.69) is 10.3 Å². The van der Waals surface area contributed by atoms with Crippen LogP contribution in [0, 0.1) is 5.82 Å². The molecule has 3 rings (SSSR count). The summed E-state index contributed by atoms with van der Waals surface area (Å²) in [6.45, 7) is 1.83. The third kappa shape index (κ3) is 4.36. The maximum absolute atomic E-state index is 13.2. The molecule has 0 aliphatic heterocycles. The second-order valence-corrected chi connectivity index (χ2v) is 6.76. The molecule has 1 aromatic carbocycles. The van der Waals surface area contributed by atoms with Crippen molar-refractivity contribution < 1.29 is 9.18 Å². The third-order valence-corrected chi connectivity index (χ3v) is 4.80. The lowest BCUT2D eigenvalue weighted by molar-refractivity contribution is -0.122. The highest BCUT2D eigenvalue weighted by atomic mass is 19.1. The van der Waals surface area contributed by atoms with Crippen LogP contribution in [-0.4, -0.2) is 21.5 Å². The second kappa shape index (κ2) is 8.25. The summed E-state index contributed by atoms with van der Waals surface area (Å²) in [5.74, 6) is -0.147. The van der Waals surface area contributed by atoms with E-state index in [0.29, 0.717) is 23.5 Å². The van der Waals surface area contributed by atoms with Gasteiger partial charge in [-0.15, -0.1) is 0 Å². The molecule has 0 atom stereocenters. The van der Waals surface area contributed by atoms with Gasteiger partial charge in [0.1, 0.15) is 18.2 Å². The van der Waals surface area contributed by atoms with E-state index in [-0.39, 0.29) is 29.9 Å². The molecular formula is C20H24FN3O2. The van der Waals surface area contributed by atoms with Gasteiger partial charge >= 0.3 is 0 Å². The summed E-state index contributed by atoms with van der Waals surface area (Å²) in [5, 5.41) is 3.02. The maximum Gasteiger partial charge on any atom is 0.254 e. The number of aromatic nitrogens is 2. The standard InChI is InChI=1S/C20H24FN3O2/c1-2-16-12-19(26)24(13-18(25)22-17-6-4-3-5-7-17)20(23-16)14-8-10-15(21)11-9-14/h8-12,17H,2-7,13H2,1H3,(H,22,25). The molecule has 26 heavy (non-hydrogen) atoms. The fraction of sp³-hybridized carbons (Fsp3) is 0.450. The van der Waals surface area contributed by atoms with Crippen LogP contribution in [0.3, 0.4) is 0 Å². The summed E-state index contributed by atoms with van der Waals surface area (Å²) in [7, 11) is 0. The van der Waals surface area contributed by atoms with Crippen molar-refractivity contribution in [1.29, 1.82) is 0 Å². The molecule has 0 radical (unpaired) electrons. The van der Waals surface area contributed by atoms with E-state index in [0.717, 1.165) is 25.7 Å².